The van der Waals surface area contributed by atoms with Crippen molar-refractivity contribution in [2.45, 2.75) is 50.5 Å². The summed E-state index contributed by atoms with van der Waals surface area (Å²) < 4.78 is 0.703. The first-order valence-electron chi connectivity index (χ1n) is 6.80. The number of carboxylic acids is 1. The Labute approximate surface area is 127 Å². The summed E-state index contributed by atoms with van der Waals surface area (Å²) >= 11 is 7.29. The molecule has 2 rings (SSSR count). The van der Waals surface area contributed by atoms with Gasteiger partial charge in [0, 0.05) is 11.3 Å². The van der Waals surface area contributed by atoms with Crippen molar-refractivity contribution in [3.05, 3.63) is 21.3 Å². The normalized spacial score (nSPS) is 17.6. The molecule has 1 aliphatic carbocycles. The van der Waals surface area contributed by atoms with Gasteiger partial charge in [0.1, 0.15) is 5.54 Å². The van der Waals surface area contributed by atoms with Crippen molar-refractivity contribution in [2.24, 2.45) is 0 Å². The van der Waals surface area contributed by atoms with Crippen LogP contribution in [0.15, 0.2) is 12.1 Å². The van der Waals surface area contributed by atoms with Crippen molar-refractivity contribution in [1.82, 2.24) is 5.32 Å². The molecule has 1 aliphatic rings. The van der Waals surface area contributed by atoms with Gasteiger partial charge in [0.15, 0.2) is 0 Å². The maximum Gasteiger partial charge on any atom is 0.329 e. The topological polar surface area (TPSA) is 66.4 Å². The number of aliphatic carboxylic acids is 1. The first-order valence-corrected chi connectivity index (χ1v) is 8.00. The maximum atomic E-state index is 12.0. The van der Waals surface area contributed by atoms with E-state index >= 15 is 0 Å². The van der Waals surface area contributed by atoms with Gasteiger partial charge in [-0.15, -0.1) is 11.3 Å². The quantitative estimate of drug-likeness (QED) is 0.876. The van der Waals surface area contributed by atoms with Crippen molar-refractivity contribution in [3.8, 4) is 0 Å². The summed E-state index contributed by atoms with van der Waals surface area (Å²) in [5.41, 5.74) is -1.05. The fraction of sp³-hybridized carbons (Fsp3) is 0.571. The van der Waals surface area contributed by atoms with Crippen LogP contribution in [0.4, 0.5) is 0 Å². The Morgan fingerprint density at radius 1 is 1.30 bits per heavy atom. The minimum Gasteiger partial charge on any atom is -0.480 e. The number of carbonyl (C=O) groups is 2. The lowest BCUT2D eigenvalue weighted by Crippen LogP contribution is -2.55. The molecular weight excluding hydrogens is 298 g/mol. The molecule has 2 N–H and O–H groups in total. The second-order valence-corrected chi connectivity index (χ2v) is 7.00. The van der Waals surface area contributed by atoms with E-state index in [-0.39, 0.29) is 5.91 Å². The molecule has 0 aliphatic heterocycles. The van der Waals surface area contributed by atoms with Crippen molar-refractivity contribution < 1.29 is 14.7 Å². The average Bonchev–Trinajstić information content (AvgIpc) is 2.83. The SMILES string of the molecule is O=C(CCc1ccc(Cl)s1)NC1(C(=O)O)CCCCC1. The van der Waals surface area contributed by atoms with Crippen LogP contribution < -0.4 is 5.32 Å². The van der Waals surface area contributed by atoms with Crippen LogP contribution in [-0.2, 0) is 16.0 Å². The van der Waals surface area contributed by atoms with Crippen LogP contribution in [0.1, 0.15) is 43.4 Å². The first kappa shape index (κ1) is 15.3. The zero-order valence-electron chi connectivity index (χ0n) is 11.2. The molecule has 6 heteroatoms. The van der Waals surface area contributed by atoms with E-state index in [0.717, 1.165) is 24.1 Å². The first-order chi connectivity index (χ1) is 9.52. The molecule has 0 atom stereocenters. The lowest BCUT2D eigenvalue weighted by molar-refractivity contribution is -0.149. The number of halogens is 1. The fourth-order valence-corrected chi connectivity index (χ4v) is 3.69. The van der Waals surface area contributed by atoms with Crippen molar-refractivity contribution in [3.63, 3.8) is 0 Å². The number of nitrogens with one attached hydrogen (secondary N) is 1. The lowest BCUT2D eigenvalue weighted by Gasteiger charge is -2.34. The highest BCUT2D eigenvalue weighted by molar-refractivity contribution is 7.16. The lowest BCUT2D eigenvalue weighted by atomic mass is 9.81. The van der Waals surface area contributed by atoms with Gasteiger partial charge in [0.05, 0.1) is 4.34 Å². The van der Waals surface area contributed by atoms with Crippen molar-refractivity contribution in [1.29, 1.82) is 0 Å². The van der Waals surface area contributed by atoms with E-state index in [4.69, 9.17) is 11.6 Å². The van der Waals surface area contributed by atoms with Gasteiger partial charge in [-0.25, -0.2) is 4.79 Å². The van der Waals surface area contributed by atoms with Crippen LogP contribution in [0, 0.1) is 0 Å². The number of hydrogen-bond acceptors (Lipinski definition) is 3. The van der Waals surface area contributed by atoms with Crippen LogP contribution in [0.25, 0.3) is 0 Å². The molecule has 4 nitrogen and oxygen atoms in total. The van der Waals surface area contributed by atoms with Crippen LogP contribution >= 0.6 is 22.9 Å². The standard InChI is InChI=1S/C14H18ClNO3S/c15-11-6-4-10(20-11)5-7-12(17)16-14(13(18)19)8-2-1-3-9-14/h4,6H,1-3,5,7-9H2,(H,16,17)(H,18,19). The molecule has 1 amide bonds. The number of thiophene rings is 1. The number of carbonyl (C=O) groups excluding carboxylic acids is 1. The Bertz CT molecular complexity index is 494. The summed E-state index contributed by atoms with van der Waals surface area (Å²) in [5, 5.41) is 12.1. The van der Waals surface area contributed by atoms with E-state index in [9.17, 15) is 14.7 Å². The van der Waals surface area contributed by atoms with Crippen molar-refractivity contribution in [2.75, 3.05) is 0 Å². The van der Waals surface area contributed by atoms with Gasteiger partial charge in [-0.1, -0.05) is 30.9 Å². The molecule has 110 valence electrons. The molecular formula is C14H18ClNO3S. The van der Waals surface area contributed by atoms with E-state index in [1.807, 2.05) is 6.07 Å². The summed E-state index contributed by atoms with van der Waals surface area (Å²) in [7, 11) is 0. The zero-order valence-corrected chi connectivity index (χ0v) is 12.7. The molecule has 20 heavy (non-hydrogen) atoms. The highest BCUT2D eigenvalue weighted by Gasteiger charge is 2.40. The Hall–Kier alpha value is -1.07. The van der Waals surface area contributed by atoms with Gasteiger partial charge in [0.2, 0.25) is 5.91 Å². The molecule has 1 heterocycles. The number of aryl methyl sites for hydroxylation is 1. The summed E-state index contributed by atoms with van der Waals surface area (Å²) in [6, 6.07) is 3.70. The monoisotopic (exact) mass is 315 g/mol. The van der Waals surface area contributed by atoms with E-state index in [1.54, 1.807) is 6.07 Å². The minimum absolute atomic E-state index is 0.196. The molecule has 1 saturated carbocycles. The second kappa shape index (κ2) is 6.59. The number of rotatable bonds is 5. The molecule has 1 aromatic heterocycles. The smallest absolute Gasteiger partial charge is 0.329 e. The molecule has 0 aromatic carbocycles. The number of carboxylic acid groups (broad SMARTS) is 1. The highest BCUT2D eigenvalue weighted by Crippen LogP contribution is 2.29. The van der Waals surface area contributed by atoms with Gasteiger partial charge in [-0.05, 0) is 31.4 Å². The van der Waals surface area contributed by atoms with Gasteiger partial charge in [0.25, 0.3) is 0 Å². The molecule has 1 fully saturated rings. The molecule has 1 aromatic rings. The Balaban J connectivity index is 1.90. The Morgan fingerprint density at radius 2 is 2.00 bits per heavy atom. The number of amides is 1. The fourth-order valence-electron chi connectivity index (χ4n) is 2.60. The van der Waals surface area contributed by atoms with Crippen LogP contribution in [-0.4, -0.2) is 22.5 Å². The predicted molar refractivity (Wildman–Crippen MR) is 79.2 cm³/mol. The van der Waals surface area contributed by atoms with E-state index in [2.05, 4.69) is 5.32 Å². The Kier molecular flexibility index (Phi) is 5.05. The maximum absolute atomic E-state index is 12.0. The molecule has 0 radical (unpaired) electrons. The van der Waals surface area contributed by atoms with Gasteiger partial charge in [-0.3, -0.25) is 4.79 Å². The molecule has 0 spiro atoms. The van der Waals surface area contributed by atoms with Crippen LogP contribution in [0.2, 0.25) is 4.34 Å². The van der Waals surface area contributed by atoms with E-state index in [0.29, 0.717) is 30.0 Å². The average molecular weight is 316 g/mol. The zero-order chi connectivity index (χ0) is 14.6. The van der Waals surface area contributed by atoms with E-state index in [1.165, 1.54) is 11.3 Å². The second-order valence-electron chi connectivity index (χ2n) is 5.20. The summed E-state index contributed by atoms with van der Waals surface area (Å²) in [6.45, 7) is 0. The summed E-state index contributed by atoms with van der Waals surface area (Å²) in [4.78, 5) is 24.5. The van der Waals surface area contributed by atoms with Crippen LogP contribution in [0.3, 0.4) is 0 Å². The van der Waals surface area contributed by atoms with Crippen molar-refractivity contribution >= 4 is 34.8 Å². The number of hydrogen-bond donors (Lipinski definition) is 2. The van der Waals surface area contributed by atoms with E-state index < -0.39 is 11.5 Å². The molecule has 0 bridgehead atoms. The third-order valence-corrected chi connectivity index (χ3v) is 5.01. The molecule has 0 unspecified atom stereocenters. The van der Waals surface area contributed by atoms with Gasteiger partial charge < -0.3 is 10.4 Å². The van der Waals surface area contributed by atoms with Crippen LogP contribution in [0.5, 0.6) is 0 Å². The third-order valence-electron chi connectivity index (χ3n) is 3.72. The van der Waals surface area contributed by atoms with Gasteiger partial charge in [-0.2, -0.15) is 0 Å². The summed E-state index contributed by atoms with van der Waals surface area (Å²) in [5.74, 6) is -1.11. The largest absolute Gasteiger partial charge is 0.480 e. The van der Waals surface area contributed by atoms with Gasteiger partial charge >= 0.3 is 5.97 Å². The minimum atomic E-state index is -1.05. The predicted octanol–water partition coefficient (Wildman–Crippen LogP) is 3.24. The molecule has 0 saturated heterocycles. The third kappa shape index (κ3) is 3.73. The summed E-state index contributed by atoms with van der Waals surface area (Å²) in [6.07, 6.45) is 4.70. The highest BCUT2D eigenvalue weighted by atomic mass is 35.5. The Morgan fingerprint density at radius 3 is 2.55 bits per heavy atom.